The first kappa shape index (κ1) is 38.8. The van der Waals surface area contributed by atoms with Gasteiger partial charge in [-0.25, -0.2) is 0 Å². The van der Waals surface area contributed by atoms with Gasteiger partial charge >= 0.3 is 144 Å². The minimum atomic E-state index is -2.33. The van der Waals surface area contributed by atoms with Gasteiger partial charge < -0.3 is 29.6 Å². The molecule has 0 heterocycles. The number of benzene rings is 3. The van der Waals surface area contributed by atoms with E-state index in [4.69, 9.17) is 29.6 Å². The number of aryl methyl sites for hydroxylation is 2. The molecule has 0 radical (unpaired) electrons. The molecule has 0 amide bonds. The predicted molar refractivity (Wildman–Crippen MR) is 141 cm³/mol. The smallest absolute Gasteiger partial charge is 0.652 e. The summed E-state index contributed by atoms with van der Waals surface area (Å²) in [5, 5.41) is 25.6. The Kier molecular flexibility index (Phi) is 18.9. The Balaban J connectivity index is 0.00000131. The fourth-order valence-electron chi connectivity index (χ4n) is 4.14. The molecule has 0 unspecified atom stereocenters. The molecule has 4 rings (SSSR count). The maximum Gasteiger partial charge on any atom is 1.00 e. The van der Waals surface area contributed by atoms with Crippen LogP contribution < -0.4 is 157 Å². The van der Waals surface area contributed by atoms with Crippen molar-refractivity contribution < 1.29 is 177 Å². The molecule has 0 aromatic heterocycles. The normalized spacial score (nSPS) is 12.3. The molecule has 0 saturated heterocycles. The van der Waals surface area contributed by atoms with Crippen molar-refractivity contribution in [3.8, 4) is 11.5 Å². The van der Waals surface area contributed by atoms with Gasteiger partial charge in [0.15, 0.2) is 5.78 Å². The molecule has 1 aliphatic rings. The molecule has 8 nitrogen and oxygen atoms in total. The molecule has 0 spiro atoms. The summed E-state index contributed by atoms with van der Waals surface area (Å²) < 4.78 is 12.1. The van der Waals surface area contributed by atoms with E-state index in [2.05, 4.69) is 6.07 Å². The molecule has 0 aliphatic heterocycles. The van der Waals surface area contributed by atoms with Crippen molar-refractivity contribution in [2.24, 2.45) is 0 Å². The Bertz CT molecular complexity index is 1290. The molecule has 1 N–H and O–H groups in total. The largest absolute Gasteiger partial charge is 1.00 e. The summed E-state index contributed by atoms with van der Waals surface area (Å²) in [5.74, 6) is 1.09. The Labute approximate surface area is 358 Å². The molecule has 0 bridgehead atoms. The Morgan fingerprint density at radius 2 is 1.63 bits per heavy atom. The van der Waals surface area contributed by atoms with Gasteiger partial charge in [-0.1, -0.05) is 42.5 Å². The summed E-state index contributed by atoms with van der Waals surface area (Å²) in [6.45, 7) is 4.42. The van der Waals surface area contributed by atoms with E-state index in [-0.39, 0.29) is 156 Å². The first-order chi connectivity index (χ1) is 18.6. The fourth-order valence-corrected chi connectivity index (χ4v) is 4.14. The number of carbonyl (C=O) groups is 3. The standard InChI is InChI=1S/C30H32O5.CH2O3.2Cs/c1-20-18-26(13-10-22(20)12-15-29(31)32)34-17-16-21(2)35-28-14-11-25(23-8-9-23)19-27(28)30(33)24-6-4-3-5-7-24;2-1(3)4;;/h3-7,10-11,13-14,18-19,21,23H,8-9,12,15-17H2,1-2H3,(H,31,32);(H2,2,3,4);;/q;;2*+1/p-2/t21-;;;/m1.../s1. The second-order valence-corrected chi connectivity index (χ2v) is 9.52. The minimum absolute atomic E-state index is 0. The van der Waals surface area contributed by atoms with Crippen LogP contribution >= 0.6 is 0 Å². The number of ketones is 1. The zero-order valence-corrected chi connectivity index (χ0v) is 36.6. The van der Waals surface area contributed by atoms with E-state index in [0.717, 1.165) is 16.9 Å². The van der Waals surface area contributed by atoms with Crippen LogP contribution in [0.2, 0.25) is 0 Å². The van der Waals surface area contributed by atoms with E-state index in [1.165, 1.54) is 18.4 Å². The molecular formula is C31H32Cs2O8. The number of hydrogen-bond donors (Lipinski definition) is 1. The number of ether oxygens (including phenoxy) is 2. The molecule has 206 valence electrons. The van der Waals surface area contributed by atoms with Gasteiger partial charge in [-0.05, 0) is 86.1 Å². The van der Waals surface area contributed by atoms with Gasteiger partial charge in [0, 0.05) is 18.4 Å². The van der Waals surface area contributed by atoms with Crippen LogP contribution in [-0.4, -0.2) is 35.7 Å². The number of rotatable bonds is 12. The van der Waals surface area contributed by atoms with Gasteiger partial charge in [-0.2, -0.15) is 0 Å². The molecule has 1 aliphatic carbocycles. The predicted octanol–water partition coefficient (Wildman–Crippen LogP) is -2.08. The minimum Gasteiger partial charge on any atom is -0.652 e. The van der Waals surface area contributed by atoms with E-state index in [1.54, 1.807) is 0 Å². The van der Waals surface area contributed by atoms with Crippen LogP contribution in [0.15, 0.2) is 66.7 Å². The average Bonchev–Trinajstić information content (AvgIpc) is 3.74. The molecule has 3 aromatic rings. The number of aliphatic carboxylic acids is 1. The molecule has 1 saturated carbocycles. The maximum atomic E-state index is 13.2. The fraction of sp³-hybridized carbons (Fsp3) is 0.323. The zero-order valence-electron chi connectivity index (χ0n) is 24.1. The van der Waals surface area contributed by atoms with Crippen LogP contribution in [0.5, 0.6) is 11.5 Å². The summed E-state index contributed by atoms with van der Waals surface area (Å²) in [6.07, 6.45) is 1.16. The summed E-state index contributed by atoms with van der Waals surface area (Å²) in [6, 6.07) is 21.1. The van der Waals surface area contributed by atoms with Gasteiger partial charge in [0.1, 0.15) is 11.5 Å². The van der Waals surface area contributed by atoms with Crippen molar-refractivity contribution in [3.05, 3.63) is 94.5 Å². The first-order valence-electron chi connectivity index (χ1n) is 12.9. The van der Waals surface area contributed by atoms with Gasteiger partial charge in [-0.3, -0.25) is 9.59 Å². The third kappa shape index (κ3) is 14.0. The number of hydrogen-bond acceptors (Lipinski definition) is 7. The zero-order chi connectivity index (χ0) is 28.4. The topological polar surface area (TPSA) is 136 Å². The number of carboxylic acid groups (broad SMARTS) is 3. The monoisotopic (exact) mass is 798 g/mol. The van der Waals surface area contributed by atoms with E-state index in [1.807, 2.05) is 74.5 Å². The SMILES string of the molecule is Cc1cc(OCC[C@@H](C)Oc2ccc(C3CC3)cc2C(=O)c2ccccc2)ccc1CCC(=O)O.O=C([O-])[O-].[Cs+].[Cs+]. The van der Waals surface area contributed by atoms with Crippen molar-refractivity contribution in [1.82, 2.24) is 0 Å². The van der Waals surface area contributed by atoms with Crippen LogP contribution in [0.1, 0.15) is 71.1 Å². The van der Waals surface area contributed by atoms with E-state index in [0.29, 0.717) is 42.2 Å². The van der Waals surface area contributed by atoms with Crippen molar-refractivity contribution in [2.75, 3.05) is 6.61 Å². The van der Waals surface area contributed by atoms with Gasteiger partial charge in [0.2, 0.25) is 0 Å². The second-order valence-electron chi connectivity index (χ2n) is 9.52. The van der Waals surface area contributed by atoms with Crippen molar-refractivity contribution >= 4 is 17.9 Å². The van der Waals surface area contributed by atoms with Crippen molar-refractivity contribution in [3.63, 3.8) is 0 Å². The van der Waals surface area contributed by atoms with Crippen molar-refractivity contribution in [2.45, 2.75) is 58.0 Å². The third-order valence-corrected chi connectivity index (χ3v) is 6.38. The van der Waals surface area contributed by atoms with E-state index in [9.17, 15) is 9.59 Å². The number of carboxylic acids is 1. The Morgan fingerprint density at radius 3 is 2.22 bits per heavy atom. The average molecular weight is 798 g/mol. The second kappa shape index (κ2) is 19.9. The van der Waals surface area contributed by atoms with Crippen LogP contribution in [0.25, 0.3) is 0 Å². The molecule has 3 aromatic carbocycles. The van der Waals surface area contributed by atoms with E-state index >= 15 is 0 Å². The van der Waals surface area contributed by atoms with Crippen LogP contribution in [0.4, 0.5) is 4.79 Å². The molecule has 41 heavy (non-hydrogen) atoms. The molecule has 1 fully saturated rings. The molecule has 1 atom stereocenters. The molecular weight excluding hydrogens is 766 g/mol. The maximum absolute atomic E-state index is 13.2. The Hall–Kier alpha value is -0.226. The molecule has 10 heteroatoms. The van der Waals surface area contributed by atoms with Gasteiger partial charge in [0.05, 0.1) is 18.3 Å². The van der Waals surface area contributed by atoms with Crippen LogP contribution in [0.3, 0.4) is 0 Å². The summed E-state index contributed by atoms with van der Waals surface area (Å²) in [4.78, 5) is 32.4. The third-order valence-electron chi connectivity index (χ3n) is 6.38. The summed E-state index contributed by atoms with van der Waals surface area (Å²) in [7, 11) is 0. The van der Waals surface area contributed by atoms with Gasteiger partial charge in [-0.15, -0.1) is 0 Å². The van der Waals surface area contributed by atoms with Crippen LogP contribution in [0, 0.1) is 6.92 Å². The first-order valence-corrected chi connectivity index (χ1v) is 12.9. The quantitative estimate of drug-likeness (QED) is 0.207. The summed E-state index contributed by atoms with van der Waals surface area (Å²) in [5.41, 5.74) is 4.51. The van der Waals surface area contributed by atoms with Crippen molar-refractivity contribution in [1.29, 1.82) is 0 Å². The summed E-state index contributed by atoms with van der Waals surface area (Å²) >= 11 is 0. The number of carbonyl (C=O) groups excluding carboxylic acids is 2. The van der Waals surface area contributed by atoms with Gasteiger partial charge in [0.25, 0.3) is 0 Å². The van der Waals surface area contributed by atoms with E-state index < -0.39 is 12.1 Å². The Morgan fingerprint density at radius 1 is 0.976 bits per heavy atom. The van der Waals surface area contributed by atoms with Crippen LogP contribution in [-0.2, 0) is 11.2 Å².